The Morgan fingerprint density at radius 2 is 0.808 bits per heavy atom. The second-order valence-electron chi connectivity index (χ2n) is 11.8. The number of rotatable bonds is 2. The summed E-state index contributed by atoms with van der Waals surface area (Å²) < 4.78 is 24.3. The average Bonchev–Trinajstić information content (AvgIpc) is 2.21. The Balaban J connectivity index is -0.000000131. The highest BCUT2D eigenvalue weighted by Gasteiger charge is 2.17. The van der Waals surface area contributed by atoms with E-state index in [0.29, 0.717) is 16.4 Å². The third kappa shape index (κ3) is 88.6. The number of hydrogen-bond donors (Lipinski definition) is 2. The molecule has 0 heterocycles. The van der Waals surface area contributed by atoms with Crippen LogP contribution in [0.15, 0.2) is 0 Å². The first-order valence-electron chi connectivity index (χ1n) is 9.53. The molecule has 0 aromatic rings. The summed E-state index contributed by atoms with van der Waals surface area (Å²) >= 11 is 0. The van der Waals surface area contributed by atoms with Crippen LogP contribution in [0, 0.1) is 10.8 Å². The minimum Gasteiger partial charge on any atom is -0.315 e. The molecule has 26 heavy (non-hydrogen) atoms. The molecule has 0 radical (unpaired) electrons. The molecule has 0 spiro atoms. The minimum absolute atomic E-state index is 0.143. The van der Waals surface area contributed by atoms with E-state index < -0.39 is 10.0 Å². The summed E-state index contributed by atoms with van der Waals surface area (Å²) in [6.45, 7) is 31.0. The van der Waals surface area contributed by atoms with Crippen molar-refractivity contribution in [1.82, 2.24) is 10.0 Å². The van der Waals surface area contributed by atoms with Gasteiger partial charge in [0.2, 0.25) is 10.0 Å². The van der Waals surface area contributed by atoms with Crippen LogP contribution in [0.3, 0.4) is 0 Å². The predicted octanol–water partition coefficient (Wildman–Crippen LogP) is 5.83. The smallest absolute Gasteiger partial charge is 0.211 e. The van der Waals surface area contributed by atoms with Crippen LogP contribution in [-0.4, -0.2) is 32.3 Å². The summed E-state index contributed by atoms with van der Waals surface area (Å²) in [5, 5.41) is 3.10. The largest absolute Gasteiger partial charge is 0.315 e. The van der Waals surface area contributed by atoms with Gasteiger partial charge in [0.15, 0.2) is 0 Å². The van der Waals surface area contributed by atoms with Gasteiger partial charge in [-0.05, 0) is 66.3 Å². The Hall–Kier alpha value is -0.130. The molecule has 4 nitrogen and oxygen atoms in total. The maximum absolute atomic E-state index is 10.9. The van der Waals surface area contributed by atoms with E-state index in [2.05, 4.69) is 86.2 Å². The molecule has 0 amide bonds. The molecule has 0 atom stereocenters. The third-order valence-corrected chi connectivity index (χ3v) is 3.28. The molecule has 0 fully saturated rings. The first-order valence-corrected chi connectivity index (χ1v) is 11.2. The van der Waals surface area contributed by atoms with Gasteiger partial charge in [-0.2, -0.15) is 0 Å². The summed E-state index contributed by atoms with van der Waals surface area (Å²) in [5.41, 5.74) is 0.939. The quantitative estimate of drug-likeness (QED) is 0.617. The Morgan fingerprint density at radius 1 is 0.615 bits per heavy atom. The summed E-state index contributed by atoms with van der Waals surface area (Å²) in [7, 11) is -1.07. The van der Waals surface area contributed by atoms with Crippen LogP contribution in [-0.2, 0) is 10.0 Å². The average molecular weight is 397 g/mol. The van der Waals surface area contributed by atoms with Crippen LogP contribution < -0.4 is 10.0 Å². The Kier molecular flexibility index (Phi) is 16.9. The molecule has 0 bridgehead atoms. The Bertz CT molecular complexity index is 391. The normalized spacial score (nSPS) is 12.6. The molecule has 0 saturated carbocycles. The van der Waals surface area contributed by atoms with Gasteiger partial charge in [0.1, 0.15) is 0 Å². The zero-order chi connectivity index (χ0) is 22.6. The summed E-state index contributed by atoms with van der Waals surface area (Å²) in [5.74, 6) is 0.143. The first-order chi connectivity index (χ1) is 10.8. The number of nitrogens with one attached hydrogen (secondary N) is 2. The summed E-state index contributed by atoms with van der Waals surface area (Å²) in [4.78, 5) is 0. The molecular weight excluding hydrogens is 344 g/mol. The number of sulfonamides is 1. The molecule has 0 rings (SSSR count). The van der Waals surface area contributed by atoms with Crippen molar-refractivity contribution in [2.45, 2.75) is 115 Å². The monoisotopic (exact) mass is 396 g/mol. The standard InChI is InChI=1S/C6H15NO2S.C5H13N.2C5H12/c1-5-10(8,9)7-6(2,3)4;1-5(2,3)6-4;2*1-5(2,3)4/h7H,5H2,1-4H3;6H,1-4H3;2*1-4H3. The van der Waals surface area contributed by atoms with Gasteiger partial charge in [0.05, 0.1) is 5.75 Å². The van der Waals surface area contributed by atoms with Crippen LogP contribution in [0.25, 0.3) is 0 Å². The van der Waals surface area contributed by atoms with Crippen molar-refractivity contribution >= 4 is 10.0 Å². The number of hydrogen-bond acceptors (Lipinski definition) is 3. The highest BCUT2D eigenvalue weighted by Crippen LogP contribution is 2.08. The van der Waals surface area contributed by atoms with Crippen LogP contribution in [0.2, 0.25) is 0 Å². The topological polar surface area (TPSA) is 58.2 Å². The molecular formula is C21H52N2O2S. The Morgan fingerprint density at radius 3 is 0.846 bits per heavy atom. The highest BCUT2D eigenvalue weighted by atomic mass is 32.2. The highest BCUT2D eigenvalue weighted by molar-refractivity contribution is 7.89. The van der Waals surface area contributed by atoms with Gasteiger partial charge in [0, 0.05) is 11.1 Å². The molecule has 0 aliphatic heterocycles. The van der Waals surface area contributed by atoms with E-state index in [1.807, 2.05) is 27.8 Å². The SMILES string of the molecule is CC(C)(C)C.CC(C)(C)C.CCS(=O)(=O)NC(C)(C)C.CNC(C)(C)C. The van der Waals surface area contributed by atoms with Crippen LogP contribution in [0.1, 0.15) is 104 Å². The summed E-state index contributed by atoms with van der Waals surface area (Å²) in [6.07, 6.45) is 0. The van der Waals surface area contributed by atoms with Crippen molar-refractivity contribution in [3.05, 3.63) is 0 Å². The molecule has 0 aromatic heterocycles. The van der Waals surface area contributed by atoms with Crippen LogP contribution in [0.4, 0.5) is 0 Å². The molecule has 0 aliphatic rings. The molecule has 0 aromatic carbocycles. The van der Waals surface area contributed by atoms with E-state index in [-0.39, 0.29) is 11.3 Å². The van der Waals surface area contributed by atoms with E-state index in [0.717, 1.165) is 0 Å². The lowest BCUT2D eigenvalue weighted by molar-refractivity contribution is 0.469. The Labute approximate surface area is 167 Å². The van der Waals surface area contributed by atoms with E-state index >= 15 is 0 Å². The minimum atomic E-state index is -3.03. The van der Waals surface area contributed by atoms with Gasteiger partial charge in [-0.1, -0.05) is 55.4 Å². The molecule has 5 heteroatoms. The van der Waals surface area contributed by atoms with Crippen molar-refractivity contribution in [2.75, 3.05) is 12.8 Å². The second kappa shape index (κ2) is 13.1. The van der Waals surface area contributed by atoms with E-state index in [1.165, 1.54) is 0 Å². The van der Waals surface area contributed by atoms with Gasteiger partial charge in [-0.25, -0.2) is 13.1 Å². The fraction of sp³-hybridized carbons (Fsp3) is 1.00. The lowest BCUT2D eigenvalue weighted by Crippen LogP contribution is -2.41. The molecule has 0 aliphatic carbocycles. The zero-order valence-electron chi connectivity index (χ0n) is 20.9. The zero-order valence-corrected chi connectivity index (χ0v) is 21.7. The van der Waals surface area contributed by atoms with Gasteiger partial charge >= 0.3 is 0 Å². The fourth-order valence-electron chi connectivity index (χ4n) is 0.539. The van der Waals surface area contributed by atoms with Crippen LogP contribution in [0.5, 0.6) is 0 Å². The molecule has 0 unspecified atom stereocenters. The molecule has 164 valence electrons. The van der Waals surface area contributed by atoms with Gasteiger partial charge in [0.25, 0.3) is 0 Å². The van der Waals surface area contributed by atoms with Crippen molar-refractivity contribution in [3.63, 3.8) is 0 Å². The van der Waals surface area contributed by atoms with E-state index in [9.17, 15) is 8.42 Å². The predicted molar refractivity (Wildman–Crippen MR) is 121 cm³/mol. The van der Waals surface area contributed by atoms with E-state index in [4.69, 9.17) is 0 Å². The first kappa shape index (κ1) is 33.5. The lowest BCUT2D eigenvalue weighted by atomic mass is 10.0. The van der Waals surface area contributed by atoms with Crippen molar-refractivity contribution in [2.24, 2.45) is 10.8 Å². The van der Waals surface area contributed by atoms with Gasteiger partial charge < -0.3 is 5.32 Å². The summed E-state index contributed by atoms with van der Waals surface area (Å²) in [6, 6.07) is 0. The van der Waals surface area contributed by atoms with E-state index in [1.54, 1.807) is 6.92 Å². The third-order valence-electron chi connectivity index (χ3n) is 1.59. The van der Waals surface area contributed by atoms with Crippen molar-refractivity contribution in [3.8, 4) is 0 Å². The van der Waals surface area contributed by atoms with Crippen LogP contribution >= 0.6 is 0 Å². The maximum atomic E-state index is 10.9. The fourth-order valence-corrected chi connectivity index (χ4v) is 1.62. The lowest BCUT2D eigenvalue weighted by Gasteiger charge is -2.19. The maximum Gasteiger partial charge on any atom is 0.211 e. The molecule has 0 saturated heterocycles. The van der Waals surface area contributed by atoms with Gasteiger partial charge in [-0.3, -0.25) is 0 Å². The van der Waals surface area contributed by atoms with Crippen molar-refractivity contribution in [1.29, 1.82) is 0 Å². The van der Waals surface area contributed by atoms with Gasteiger partial charge in [-0.15, -0.1) is 0 Å². The molecule has 2 N–H and O–H groups in total. The second-order valence-corrected chi connectivity index (χ2v) is 13.8. The van der Waals surface area contributed by atoms with Crippen molar-refractivity contribution < 1.29 is 8.42 Å².